The molecule has 17 heavy (non-hydrogen) atoms. The van der Waals surface area contributed by atoms with Gasteiger partial charge in [-0.15, -0.1) is 0 Å². The quantitative estimate of drug-likeness (QED) is 0.779. The van der Waals surface area contributed by atoms with Gasteiger partial charge in [-0.25, -0.2) is 0 Å². The summed E-state index contributed by atoms with van der Waals surface area (Å²) in [4.78, 5) is 13.5. The molecule has 0 radical (unpaired) electrons. The number of hydrogen-bond donors (Lipinski definition) is 1. The Morgan fingerprint density at radius 3 is 2.82 bits per heavy atom. The molecule has 1 aromatic carbocycles. The van der Waals surface area contributed by atoms with Crippen molar-refractivity contribution in [3.8, 4) is 0 Å². The predicted molar refractivity (Wildman–Crippen MR) is 63.4 cm³/mol. The molecule has 1 aromatic rings. The Kier molecular flexibility index (Phi) is 3.76. The molecule has 0 amide bonds. The number of ether oxygens (including phenoxy) is 1. The van der Waals surface area contributed by atoms with Gasteiger partial charge in [-0.05, 0) is 17.5 Å². The normalized spacial score (nSPS) is 17.3. The van der Waals surface area contributed by atoms with Crippen LogP contribution < -0.4 is 0 Å². The highest BCUT2D eigenvalue weighted by molar-refractivity contribution is 5.75. The molecule has 0 saturated heterocycles. The molecule has 0 bridgehead atoms. The van der Waals surface area contributed by atoms with Crippen molar-refractivity contribution in [2.24, 2.45) is 0 Å². The van der Waals surface area contributed by atoms with Crippen LogP contribution in [0.4, 0.5) is 0 Å². The summed E-state index contributed by atoms with van der Waals surface area (Å²) in [7, 11) is 1.35. The van der Waals surface area contributed by atoms with E-state index in [2.05, 4.69) is 12.1 Å². The second kappa shape index (κ2) is 5.29. The first kappa shape index (κ1) is 12.1. The molecule has 0 saturated carbocycles. The number of fused-ring (bicyclic) bond motifs is 1. The molecule has 1 heterocycles. The van der Waals surface area contributed by atoms with Gasteiger partial charge in [0.25, 0.3) is 0 Å². The van der Waals surface area contributed by atoms with Crippen LogP contribution in [0.3, 0.4) is 0 Å². The molecule has 1 N–H and O–H groups in total. The lowest BCUT2D eigenvalue weighted by atomic mass is 9.99. The van der Waals surface area contributed by atoms with Crippen LogP contribution in [0, 0.1) is 0 Å². The fraction of sp³-hybridized carbons (Fsp3) is 0.462. The standard InChI is InChI=1S/C13H17NO3/c1-17-13(16)12(9-15)14-7-6-10-4-2-3-5-11(10)8-14/h2-5,12,15H,6-9H2,1H3. The van der Waals surface area contributed by atoms with Crippen LogP contribution in [-0.2, 0) is 22.5 Å². The summed E-state index contributed by atoms with van der Waals surface area (Å²) in [5, 5.41) is 9.29. The lowest BCUT2D eigenvalue weighted by Gasteiger charge is -2.32. The molecular formula is C13H17NO3. The van der Waals surface area contributed by atoms with Gasteiger partial charge in [-0.3, -0.25) is 9.69 Å². The maximum atomic E-state index is 11.5. The van der Waals surface area contributed by atoms with Gasteiger partial charge in [0.1, 0.15) is 6.04 Å². The fourth-order valence-electron chi connectivity index (χ4n) is 2.26. The molecule has 0 aliphatic carbocycles. The summed E-state index contributed by atoms with van der Waals surface area (Å²) in [5.74, 6) is -0.369. The third-order valence-electron chi connectivity index (χ3n) is 3.25. The van der Waals surface area contributed by atoms with Crippen LogP contribution in [0.15, 0.2) is 24.3 Å². The van der Waals surface area contributed by atoms with Crippen LogP contribution >= 0.6 is 0 Å². The van der Waals surface area contributed by atoms with Crippen LogP contribution in [0.25, 0.3) is 0 Å². The molecular weight excluding hydrogens is 218 g/mol. The Labute approximate surface area is 101 Å². The zero-order chi connectivity index (χ0) is 12.3. The maximum absolute atomic E-state index is 11.5. The third-order valence-corrected chi connectivity index (χ3v) is 3.25. The molecule has 1 unspecified atom stereocenters. The molecule has 2 rings (SSSR count). The van der Waals surface area contributed by atoms with Crippen LogP contribution in [0.5, 0.6) is 0 Å². The first-order valence-electron chi connectivity index (χ1n) is 5.75. The van der Waals surface area contributed by atoms with Gasteiger partial charge in [0.2, 0.25) is 0 Å². The van der Waals surface area contributed by atoms with Gasteiger partial charge in [0, 0.05) is 13.1 Å². The first-order valence-corrected chi connectivity index (χ1v) is 5.75. The van der Waals surface area contributed by atoms with E-state index in [9.17, 15) is 9.90 Å². The van der Waals surface area contributed by atoms with Crippen molar-refractivity contribution in [2.45, 2.75) is 19.0 Å². The van der Waals surface area contributed by atoms with E-state index in [0.29, 0.717) is 6.54 Å². The van der Waals surface area contributed by atoms with Gasteiger partial charge >= 0.3 is 5.97 Å². The zero-order valence-corrected chi connectivity index (χ0v) is 9.93. The van der Waals surface area contributed by atoms with E-state index in [1.54, 1.807) is 0 Å². The smallest absolute Gasteiger partial charge is 0.325 e. The molecule has 1 aliphatic rings. The lowest BCUT2D eigenvalue weighted by molar-refractivity contribution is -0.149. The van der Waals surface area contributed by atoms with E-state index in [-0.39, 0.29) is 12.6 Å². The third kappa shape index (κ3) is 2.48. The lowest BCUT2D eigenvalue weighted by Crippen LogP contribution is -2.46. The summed E-state index contributed by atoms with van der Waals surface area (Å²) >= 11 is 0. The minimum absolute atomic E-state index is 0.200. The van der Waals surface area contributed by atoms with Crippen molar-refractivity contribution in [1.82, 2.24) is 4.90 Å². The number of esters is 1. The molecule has 4 heteroatoms. The SMILES string of the molecule is COC(=O)C(CO)N1CCc2ccccc2C1. The Morgan fingerprint density at radius 1 is 1.47 bits per heavy atom. The number of carbonyl (C=O) groups excluding carboxylic acids is 1. The summed E-state index contributed by atoms with van der Waals surface area (Å²) in [6, 6.07) is 7.65. The summed E-state index contributed by atoms with van der Waals surface area (Å²) in [6.07, 6.45) is 0.906. The topological polar surface area (TPSA) is 49.8 Å². The Bertz CT molecular complexity index is 405. The molecule has 92 valence electrons. The number of nitrogens with zero attached hydrogens (tertiary/aromatic N) is 1. The van der Waals surface area contributed by atoms with E-state index >= 15 is 0 Å². The minimum Gasteiger partial charge on any atom is -0.468 e. The zero-order valence-electron chi connectivity index (χ0n) is 9.93. The van der Waals surface area contributed by atoms with Crippen molar-refractivity contribution in [1.29, 1.82) is 0 Å². The van der Waals surface area contributed by atoms with E-state index in [1.165, 1.54) is 18.2 Å². The van der Waals surface area contributed by atoms with E-state index in [4.69, 9.17) is 4.74 Å². The predicted octanol–water partition coefficient (Wildman–Crippen LogP) is 0.579. The van der Waals surface area contributed by atoms with Crippen molar-refractivity contribution in [3.05, 3.63) is 35.4 Å². The molecule has 1 aliphatic heterocycles. The van der Waals surface area contributed by atoms with E-state index in [1.807, 2.05) is 17.0 Å². The minimum atomic E-state index is -0.548. The van der Waals surface area contributed by atoms with Crippen molar-refractivity contribution in [3.63, 3.8) is 0 Å². The van der Waals surface area contributed by atoms with Gasteiger partial charge in [0.15, 0.2) is 0 Å². The maximum Gasteiger partial charge on any atom is 0.325 e. The summed E-state index contributed by atoms with van der Waals surface area (Å²) in [5.41, 5.74) is 2.55. The van der Waals surface area contributed by atoms with Crippen molar-refractivity contribution in [2.75, 3.05) is 20.3 Å². The van der Waals surface area contributed by atoms with Gasteiger partial charge in [-0.1, -0.05) is 24.3 Å². The van der Waals surface area contributed by atoms with Crippen molar-refractivity contribution < 1.29 is 14.6 Å². The molecule has 0 aromatic heterocycles. The Balaban J connectivity index is 2.13. The van der Waals surface area contributed by atoms with Gasteiger partial charge < -0.3 is 9.84 Å². The average Bonchev–Trinajstić information content (AvgIpc) is 2.39. The molecule has 0 spiro atoms. The highest BCUT2D eigenvalue weighted by Crippen LogP contribution is 2.20. The van der Waals surface area contributed by atoms with Crippen LogP contribution in [0.1, 0.15) is 11.1 Å². The van der Waals surface area contributed by atoms with Gasteiger partial charge in [-0.2, -0.15) is 0 Å². The highest BCUT2D eigenvalue weighted by Gasteiger charge is 2.28. The number of rotatable bonds is 3. The first-order chi connectivity index (χ1) is 8.26. The second-order valence-electron chi connectivity index (χ2n) is 4.21. The number of aliphatic hydroxyl groups excluding tert-OH is 1. The average molecular weight is 235 g/mol. The van der Waals surface area contributed by atoms with E-state index in [0.717, 1.165) is 13.0 Å². The Hall–Kier alpha value is -1.39. The van der Waals surface area contributed by atoms with E-state index < -0.39 is 6.04 Å². The van der Waals surface area contributed by atoms with Crippen LogP contribution in [0.2, 0.25) is 0 Å². The fourth-order valence-corrected chi connectivity index (χ4v) is 2.26. The number of carbonyl (C=O) groups is 1. The monoisotopic (exact) mass is 235 g/mol. The number of hydrogen-bond acceptors (Lipinski definition) is 4. The second-order valence-corrected chi connectivity index (χ2v) is 4.21. The largest absolute Gasteiger partial charge is 0.468 e. The van der Waals surface area contributed by atoms with Crippen LogP contribution in [-0.4, -0.2) is 42.3 Å². The molecule has 0 fully saturated rings. The highest BCUT2D eigenvalue weighted by atomic mass is 16.5. The number of aliphatic hydroxyl groups is 1. The van der Waals surface area contributed by atoms with Crippen molar-refractivity contribution >= 4 is 5.97 Å². The summed E-state index contributed by atoms with van der Waals surface area (Å²) in [6.45, 7) is 1.27. The van der Waals surface area contributed by atoms with Gasteiger partial charge in [0.05, 0.1) is 13.7 Å². The Morgan fingerprint density at radius 2 is 2.18 bits per heavy atom. The summed E-state index contributed by atoms with van der Waals surface area (Å²) < 4.78 is 4.70. The number of benzene rings is 1. The molecule has 4 nitrogen and oxygen atoms in total. The molecule has 1 atom stereocenters. The number of methoxy groups -OCH3 is 1.